The number of hydrogen-bond acceptors (Lipinski definition) is 3. The Morgan fingerprint density at radius 2 is 2.11 bits per heavy atom. The fraction of sp³-hybridized carbons (Fsp3) is 0.538. The minimum Gasteiger partial charge on any atom is -0.271 e. The number of hydrogen-bond donors (Lipinski definition) is 2. The highest BCUT2D eigenvalue weighted by Gasteiger charge is 2.17. The zero-order valence-electron chi connectivity index (χ0n) is 11.0. The van der Waals surface area contributed by atoms with Crippen LogP contribution in [0.25, 0.3) is 0 Å². The van der Waals surface area contributed by atoms with Gasteiger partial charge in [0.15, 0.2) is 0 Å². The average molecular weight is 291 g/mol. The maximum absolute atomic E-state index is 13.7. The molecule has 18 heavy (non-hydrogen) atoms. The van der Waals surface area contributed by atoms with Crippen LogP contribution in [0.1, 0.15) is 26.3 Å². The normalized spacial score (nSPS) is 13.7. The van der Waals surface area contributed by atoms with Gasteiger partial charge in [-0.15, -0.1) is 0 Å². The van der Waals surface area contributed by atoms with Crippen molar-refractivity contribution in [3.05, 3.63) is 34.6 Å². The number of thioether (sulfide) groups is 1. The summed E-state index contributed by atoms with van der Waals surface area (Å²) >= 11 is 7.79. The molecule has 0 radical (unpaired) electrons. The zero-order chi connectivity index (χ0) is 13.8. The Bertz CT molecular complexity index is 373. The summed E-state index contributed by atoms with van der Waals surface area (Å²) in [7, 11) is 0. The van der Waals surface area contributed by atoms with Crippen molar-refractivity contribution in [1.82, 2.24) is 5.43 Å². The molecule has 0 fully saturated rings. The first-order chi connectivity index (χ1) is 8.33. The van der Waals surface area contributed by atoms with E-state index in [1.807, 2.05) is 0 Å². The van der Waals surface area contributed by atoms with Crippen molar-refractivity contribution in [2.45, 2.75) is 38.0 Å². The molecule has 1 unspecified atom stereocenters. The van der Waals surface area contributed by atoms with Crippen molar-refractivity contribution in [2.75, 3.05) is 5.75 Å². The number of halogens is 2. The zero-order valence-corrected chi connectivity index (χ0v) is 12.5. The quantitative estimate of drug-likeness (QED) is 0.645. The molecule has 1 rings (SSSR count). The van der Waals surface area contributed by atoms with Crippen molar-refractivity contribution >= 4 is 23.4 Å². The van der Waals surface area contributed by atoms with Crippen molar-refractivity contribution in [3.63, 3.8) is 0 Å². The molecule has 3 N–H and O–H groups in total. The van der Waals surface area contributed by atoms with Gasteiger partial charge >= 0.3 is 0 Å². The molecule has 0 spiro atoms. The number of benzene rings is 1. The highest BCUT2D eigenvalue weighted by molar-refractivity contribution is 8.00. The van der Waals surface area contributed by atoms with Crippen LogP contribution in [0.5, 0.6) is 0 Å². The third kappa shape index (κ3) is 5.14. The predicted molar refractivity (Wildman–Crippen MR) is 78.4 cm³/mol. The Balaban J connectivity index is 2.68. The van der Waals surface area contributed by atoms with Crippen molar-refractivity contribution in [3.8, 4) is 0 Å². The van der Waals surface area contributed by atoms with E-state index in [0.29, 0.717) is 17.0 Å². The van der Waals surface area contributed by atoms with Gasteiger partial charge in [0.05, 0.1) is 0 Å². The average Bonchev–Trinajstić information content (AvgIpc) is 2.26. The van der Waals surface area contributed by atoms with E-state index in [-0.39, 0.29) is 16.6 Å². The summed E-state index contributed by atoms with van der Waals surface area (Å²) in [5, 5.41) is 0.455. The van der Waals surface area contributed by atoms with Crippen LogP contribution in [-0.4, -0.2) is 16.5 Å². The molecule has 1 atom stereocenters. The molecule has 0 aliphatic heterocycles. The van der Waals surface area contributed by atoms with Crippen molar-refractivity contribution in [2.24, 2.45) is 5.84 Å². The van der Waals surface area contributed by atoms with Crippen LogP contribution in [0.4, 0.5) is 4.39 Å². The van der Waals surface area contributed by atoms with Gasteiger partial charge < -0.3 is 0 Å². The fourth-order valence-corrected chi connectivity index (χ4v) is 2.65. The first-order valence-corrected chi connectivity index (χ1v) is 7.23. The first kappa shape index (κ1) is 15.8. The fourth-order valence-electron chi connectivity index (χ4n) is 1.49. The minimum absolute atomic E-state index is 0.00336. The largest absolute Gasteiger partial charge is 0.271 e. The molecular formula is C13H20ClFN2S. The monoisotopic (exact) mass is 290 g/mol. The van der Waals surface area contributed by atoms with E-state index in [9.17, 15) is 4.39 Å². The molecule has 0 saturated carbocycles. The van der Waals surface area contributed by atoms with Gasteiger partial charge in [-0.1, -0.05) is 38.4 Å². The van der Waals surface area contributed by atoms with Gasteiger partial charge in [-0.3, -0.25) is 11.3 Å². The van der Waals surface area contributed by atoms with E-state index in [2.05, 4.69) is 26.2 Å². The molecule has 5 heteroatoms. The van der Waals surface area contributed by atoms with E-state index in [4.69, 9.17) is 17.4 Å². The maximum atomic E-state index is 13.7. The summed E-state index contributed by atoms with van der Waals surface area (Å²) in [5.41, 5.74) is 3.26. The summed E-state index contributed by atoms with van der Waals surface area (Å²) in [6.45, 7) is 6.42. The smallest absolute Gasteiger partial charge is 0.127 e. The second-order valence-corrected chi connectivity index (χ2v) is 7.45. The van der Waals surface area contributed by atoms with E-state index < -0.39 is 0 Å². The topological polar surface area (TPSA) is 38.0 Å². The van der Waals surface area contributed by atoms with E-state index >= 15 is 0 Å². The summed E-state index contributed by atoms with van der Waals surface area (Å²) in [5.74, 6) is 6.06. The second-order valence-electron chi connectivity index (χ2n) is 5.19. The minimum atomic E-state index is -0.275. The predicted octanol–water partition coefficient (Wildman–Crippen LogP) is 3.39. The second kappa shape index (κ2) is 6.75. The SMILES string of the molecule is CC(C)(C)SCC(Cc1c(F)cccc1Cl)NN. The Hall–Kier alpha value is -0.290. The Morgan fingerprint density at radius 3 is 2.61 bits per heavy atom. The third-order valence-corrected chi connectivity index (χ3v) is 4.25. The van der Waals surface area contributed by atoms with Crippen LogP contribution >= 0.6 is 23.4 Å². The Morgan fingerprint density at radius 1 is 1.44 bits per heavy atom. The highest BCUT2D eigenvalue weighted by Crippen LogP contribution is 2.26. The standard InChI is InChI=1S/C13H20ClFN2S/c1-13(2,3)18-8-9(17-16)7-10-11(14)5-4-6-12(10)15/h4-6,9,17H,7-8,16H2,1-3H3. The summed E-state index contributed by atoms with van der Waals surface area (Å²) < 4.78 is 13.8. The third-order valence-electron chi connectivity index (χ3n) is 2.47. The first-order valence-electron chi connectivity index (χ1n) is 5.86. The molecule has 0 heterocycles. The maximum Gasteiger partial charge on any atom is 0.127 e. The lowest BCUT2D eigenvalue weighted by Gasteiger charge is -2.23. The molecule has 1 aromatic rings. The molecule has 0 bridgehead atoms. The van der Waals surface area contributed by atoms with Gasteiger partial charge in [0.1, 0.15) is 5.82 Å². The molecule has 0 amide bonds. The van der Waals surface area contributed by atoms with Gasteiger partial charge in [-0.2, -0.15) is 11.8 Å². The van der Waals surface area contributed by atoms with Crippen molar-refractivity contribution < 1.29 is 4.39 Å². The van der Waals surface area contributed by atoms with E-state index in [1.165, 1.54) is 6.07 Å². The summed E-state index contributed by atoms with van der Waals surface area (Å²) in [6.07, 6.45) is 0.491. The van der Waals surface area contributed by atoms with Crippen LogP contribution < -0.4 is 11.3 Å². The summed E-state index contributed by atoms with van der Waals surface area (Å²) in [6, 6.07) is 4.73. The van der Waals surface area contributed by atoms with Crippen LogP contribution in [0.2, 0.25) is 5.02 Å². The molecule has 2 nitrogen and oxygen atoms in total. The van der Waals surface area contributed by atoms with Gasteiger partial charge in [-0.25, -0.2) is 4.39 Å². The number of rotatable bonds is 5. The van der Waals surface area contributed by atoms with Gasteiger partial charge in [0.2, 0.25) is 0 Å². The molecular weight excluding hydrogens is 271 g/mol. The highest BCUT2D eigenvalue weighted by atomic mass is 35.5. The van der Waals surface area contributed by atoms with Crippen LogP contribution in [-0.2, 0) is 6.42 Å². The van der Waals surface area contributed by atoms with Crippen LogP contribution in [0, 0.1) is 5.82 Å². The number of nitrogens with one attached hydrogen (secondary N) is 1. The molecule has 0 aromatic heterocycles. The lowest BCUT2D eigenvalue weighted by Crippen LogP contribution is -2.39. The Kier molecular flexibility index (Phi) is 5.92. The number of nitrogens with two attached hydrogens (primary N) is 1. The lowest BCUT2D eigenvalue weighted by atomic mass is 10.1. The summed E-state index contributed by atoms with van der Waals surface area (Å²) in [4.78, 5) is 0. The van der Waals surface area contributed by atoms with E-state index in [1.54, 1.807) is 23.9 Å². The molecule has 102 valence electrons. The number of hydrazine groups is 1. The van der Waals surface area contributed by atoms with Crippen LogP contribution in [0.3, 0.4) is 0 Å². The molecule has 0 aliphatic rings. The van der Waals surface area contributed by atoms with Gasteiger partial charge in [0, 0.05) is 27.1 Å². The molecule has 0 aliphatic carbocycles. The Labute approximate surface area is 117 Å². The lowest BCUT2D eigenvalue weighted by molar-refractivity contribution is 0.545. The van der Waals surface area contributed by atoms with Gasteiger partial charge in [-0.05, 0) is 18.6 Å². The van der Waals surface area contributed by atoms with Gasteiger partial charge in [0.25, 0.3) is 0 Å². The van der Waals surface area contributed by atoms with Crippen molar-refractivity contribution in [1.29, 1.82) is 0 Å². The van der Waals surface area contributed by atoms with E-state index in [0.717, 1.165) is 5.75 Å². The molecule has 0 saturated heterocycles. The molecule has 1 aromatic carbocycles. The van der Waals surface area contributed by atoms with Crippen LogP contribution in [0.15, 0.2) is 18.2 Å².